The summed E-state index contributed by atoms with van der Waals surface area (Å²) in [6, 6.07) is 0.622. The van der Waals surface area contributed by atoms with Gasteiger partial charge in [0.05, 0.1) is 4.87 Å². The molecule has 0 radical (unpaired) electrons. The van der Waals surface area contributed by atoms with Crippen molar-refractivity contribution in [3.05, 3.63) is 0 Å². The molecule has 0 aliphatic carbocycles. The van der Waals surface area contributed by atoms with Gasteiger partial charge in [-0.05, 0) is 41.8 Å². The van der Waals surface area contributed by atoms with E-state index in [9.17, 15) is 0 Å². The lowest BCUT2D eigenvalue weighted by molar-refractivity contribution is 0.188. The molecular weight excluding hydrogens is 180 g/mol. The summed E-state index contributed by atoms with van der Waals surface area (Å²) in [5, 5.41) is 0. The van der Waals surface area contributed by atoms with Crippen LogP contribution in [0.4, 0.5) is 0 Å². The summed E-state index contributed by atoms with van der Waals surface area (Å²) in [6.45, 7) is 10.8. The molecule has 0 spiro atoms. The van der Waals surface area contributed by atoms with Crippen LogP contribution in [-0.2, 0) is 0 Å². The first-order valence-electron chi connectivity index (χ1n) is 4.89. The molecule has 0 amide bonds. The highest BCUT2D eigenvalue weighted by atomic mass is 32.1. The topological polar surface area (TPSA) is 6.48 Å². The highest BCUT2D eigenvalue weighted by molar-refractivity contribution is 7.81. The van der Waals surface area contributed by atoms with E-state index in [1.165, 1.54) is 0 Å². The van der Waals surface area contributed by atoms with Gasteiger partial charge < -0.3 is 4.90 Å². The third kappa shape index (κ3) is 5.55. The molecule has 0 atom stereocenters. The molecule has 0 bridgehead atoms. The van der Waals surface area contributed by atoms with Gasteiger partial charge in [0, 0.05) is 19.1 Å². The number of hydrogen-bond donors (Lipinski definition) is 1. The molecule has 0 rings (SSSR count). The summed E-state index contributed by atoms with van der Waals surface area (Å²) in [5.41, 5.74) is 0. The van der Waals surface area contributed by atoms with Gasteiger partial charge in [-0.3, -0.25) is 4.90 Å². The minimum absolute atomic E-state index is 0.0161. The second-order valence-electron chi connectivity index (χ2n) is 4.49. The van der Waals surface area contributed by atoms with Crippen molar-refractivity contribution in [3.8, 4) is 0 Å². The fraction of sp³-hybridized carbons (Fsp3) is 1.00. The number of hydrogen-bond acceptors (Lipinski definition) is 3. The Labute approximate surface area is 88.7 Å². The summed E-state index contributed by atoms with van der Waals surface area (Å²) in [5.74, 6) is 0. The zero-order valence-electron chi connectivity index (χ0n) is 9.83. The van der Waals surface area contributed by atoms with Crippen molar-refractivity contribution in [3.63, 3.8) is 0 Å². The standard InChI is InChI=1S/C10H24N2S/c1-9(2)11(5)7-8-12(6)10(3,4)13/h9,13H,7-8H2,1-6H3. The predicted molar refractivity (Wildman–Crippen MR) is 63.5 cm³/mol. The first kappa shape index (κ1) is 13.3. The smallest absolute Gasteiger partial charge is 0.0581 e. The molecule has 0 fully saturated rings. The average Bonchev–Trinajstić information content (AvgIpc) is 1.97. The van der Waals surface area contributed by atoms with E-state index in [0.29, 0.717) is 6.04 Å². The summed E-state index contributed by atoms with van der Waals surface area (Å²) in [4.78, 5) is 4.59. The maximum atomic E-state index is 4.51. The van der Waals surface area contributed by atoms with E-state index < -0.39 is 0 Å². The van der Waals surface area contributed by atoms with Gasteiger partial charge in [-0.15, -0.1) is 0 Å². The molecule has 0 unspecified atom stereocenters. The molecule has 0 saturated carbocycles. The molecule has 2 nitrogen and oxygen atoms in total. The van der Waals surface area contributed by atoms with Crippen LogP contribution in [0.3, 0.4) is 0 Å². The minimum Gasteiger partial charge on any atom is -0.303 e. The SMILES string of the molecule is CC(C)N(C)CCN(C)C(C)(C)S. The van der Waals surface area contributed by atoms with Crippen LogP contribution in [0.1, 0.15) is 27.7 Å². The Bertz CT molecular complexity index is 140. The Kier molecular flexibility index (Phi) is 5.33. The average molecular weight is 204 g/mol. The lowest BCUT2D eigenvalue weighted by atomic mass is 10.3. The van der Waals surface area contributed by atoms with E-state index >= 15 is 0 Å². The van der Waals surface area contributed by atoms with E-state index in [2.05, 4.69) is 64.2 Å². The van der Waals surface area contributed by atoms with Crippen LogP contribution in [0.5, 0.6) is 0 Å². The van der Waals surface area contributed by atoms with E-state index in [1.54, 1.807) is 0 Å². The Hall–Kier alpha value is 0.270. The quantitative estimate of drug-likeness (QED) is 0.540. The van der Waals surface area contributed by atoms with Crippen LogP contribution in [0.2, 0.25) is 0 Å². The van der Waals surface area contributed by atoms with Crippen LogP contribution in [0, 0.1) is 0 Å². The second kappa shape index (κ2) is 5.23. The number of thiol groups is 1. The molecule has 0 aliphatic heterocycles. The normalized spacial score (nSPS) is 13.4. The highest BCUT2D eigenvalue weighted by Crippen LogP contribution is 2.15. The lowest BCUT2D eigenvalue weighted by Gasteiger charge is -2.33. The molecule has 0 saturated heterocycles. The summed E-state index contributed by atoms with van der Waals surface area (Å²) in [6.07, 6.45) is 0. The first-order chi connectivity index (χ1) is 5.75. The summed E-state index contributed by atoms with van der Waals surface area (Å²) in [7, 11) is 4.27. The van der Waals surface area contributed by atoms with Crippen LogP contribution in [0.15, 0.2) is 0 Å². The summed E-state index contributed by atoms with van der Waals surface area (Å²) < 4.78 is 0. The molecule has 3 heteroatoms. The van der Waals surface area contributed by atoms with Gasteiger partial charge in [0.15, 0.2) is 0 Å². The van der Waals surface area contributed by atoms with Crippen LogP contribution in [-0.4, -0.2) is 47.9 Å². The van der Waals surface area contributed by atoms with Gasteiger partial charge >= 0.3 is 0 Å². The predicted octanol–water partition coefficient (Wildman–Crippen LogP) is 1.92. The molecule has 80 valence electrons. The van der Waals surface area contributed by atoms with Gasteiger partial charge in [-0.1, -0.05) is 0 Å². The van der Waals surface area contributed by atoms with Gasteiger partial charge in [0.2, 0.25) is 0 Å². The number of rotatable bonds is 5. The molecular formula is C10H24N2S. The maximum Gasteiger partial charge on any atom is 0.0581 e. The molecule has 0 aromatic heterocycles. The van der Waals surface area contributed by atoms with Crippen molar-refractivity contribution in [1.82, 2.24) is 9.80 Å². The van der Waals surface area contributed by atoms with Crippen molar-refractivity contribution in [2.75, 3.05) is 27.2 Å². The molecule has 0 aliphatic rings. The fourth-order valence-corrected chi connectivity index (χ4v) is 0.940. The molecule has 0 aromatic carbocycles. The van der Waals surface area contributed by atoms with Crippen molar-refractivity contribution < 1.29 is 0 Å². The maximum absolute atomic E-state index is 4.51. The largest absolute Gasteiger partial charge is 0.303 e. The Morgan fingerprint density at radius 3 is 1.92 bits per heavy atom. The van der Waals surface area contributed by atoms with Crippen LogP contribution >= 0.6 is 12.6 Å². The highest BCUT2D eigenvalue weighted by Gasteiger charge is 2.18. The molecule has 0 aromatic rings. The van der Waals surface area contributed by atoms with Crippen molar-refractivity contribution in [2.45, 2.75) is 38.6 Å². The van der Waals surface area contributed by atoms with E-state index in [1.807, 2.05) is 0 Å². The Morgan fingerprint density at radius 2 is 1.62 bits per heavy atom. The number of likely N-dealkylation sites (N-methyl/N-ethyl adjacent to an activating group) is 2. The van der Waals surface area contributed by atoms with Crippen molar-refractivity contribution in [1.29, 1.82) is 0 Å². The molecule has 0 N–H and O–H groups in total. The zero-order chi connectivity index (χ0) is 10.6. The molecule has 13 heavy (non-hydrogen) atoms. The fourth-order valence-electron chi connectivity index (χ4n) is 0.840. The van der Waals surface area contributed by atoms with E-state index in [0.717, 1.165) is 13.1 Å². The zero-order valence-corrected chi connectivity index (χ0v) is 10.7. The van der Waals surface area contributed by atoms with Crippen molar-refractivity contribution in [2.24, 2.45) is 0 Å². The Morgan fingerprint density at radius 1 is 1.15 bits per heavy atom. The van der Waals surface area contributed by atoms with E-state index in [4.69, 9.17) is 0 Å². The third-order valence-electron chi connectivity index (χ3n) is 2.60. The monoisotopic (exact) mass is 204 g/mol. The first-order valence-corrected chi connectivity index (χ1v) is 5.33. The summed E-state index contributed by atoms with van der Waals surface area (Å²) >= 11 is 4.51. The Balaban J connectivity index is 3.77. The number of nitrogens with zero attached hydrogens (tertiary/aromatic N) is 2. The molecule has 0 heterocycles. The second-order valence-corrected chi connectivity index (χ2v) is 5.58. The van der Waals surface area contributed by atoms with Crippen LogP contribution < -0.4 is 0 Å². The van der Waals surface area contributed by atoms with Gasteiger partial charge in [0.25, 0.3) is 0 Å². The van der Waals surface area contributed by atoms with E-state index in [-0.39, 0.29) is 4.87 Å². The third-order valence-corrected chi connectivity index (χ3v) is 2.95. The van der Waals surface area contributed by atoms with Crippen LogP contribution in [0.25, 0.3) is 0 Å². The van der Waals surface area contributed by atoms with Gasteiger partial charge in [-0.2, -0.15) is 12.6 Å². The van der Waals surface area contributed by atoms with Gasteiger partial charge in [0.1, 0.15) is 0 Å². The van der Waals surface area contributed by atoms with Gasteiger partial charge in [-0.25, -0.2) is 0 Å². The minimum atomic E-state index is -0.0161. The van der Waals surface area contributed by atoms with Crippen molar-refractivity contribution >= 4 is 12.6 Å². The lowest BCUT2D eigenvalue weighted by Crippen LogP contribution is -2.42.